The molecule has 0 saturated carbocycles. The normalized spacial score (nSPS) is 14.1. The number of aromatic nitrogens is 3. The molecule has 2 aromatic carbocycles. The Morgan fingerprint density at radius 2 is 1.87 bits per heavy atom. The van der Waals surface area contributed by atoms with Crippen LogP contribution in [0.4, 0.5) is 18.9 Å². The molecule has 0 fully saturated rings. The molecule has 0 spiro atoms. The van der Waals surface area contributed by atoms with Crippen molar-refractivity contribution in [1.82, 2.24) is 14.6 Å². The van der Waals surface area contributed by atoms with Gasteiger partial charge in [-0.3, -0.25) is 0 Å². The standard InChI is InChI=1S/C21H19F3N4O2/c1-12(15-4-3-5-16(10-15)21(22,23)24)19(29)26-17-8-6-14(7-9-17)20-27-28-13(2)25-11-18(28)30-20/h3-12,19,26,29H,1-2H3. The van der Waals surface area contributed by atoms with Crippen LogP contribution >= 0.6 is 0 Å². The van der Waals surface area contributed by atoms with E-state index < -0.39 is 23.9 Å². The molecule has 2 atom stereocenters. The SMILES string of the molecule is Cc1ncc2oc(-c3ccc(NC(O)C(C)c4cccc(C(F)(F)F)c4)cc3)nn12. The minimum atomic E-state index is -4.43. The molecule has 2 aromatic heterocycles. The minimum Gasteiger partial charge on any atom is -0.417 e. The van der Waals surface area contributed by atoms with Gasteiger partial charge in [-0.05, 0) is 42.8 Å². The van der Waals surface area contributed by atoms with E-state index in [1.807, 2.05) is 6.92 Å². The number of alkyl halides is 3. The van der Waals surface area contributed by atoms with Gasteiger partial charge in [0.05, 0.1) is 11.8 Å². The molecule has 2 N–H and O–H groups in total. The van der Waals surface area contributed by atoms with Gasteiger partial charge in [0.2, 0.25) is 11.6 Å². The summed E-state index contributed by atoms with van der Waals surface area (Å²) in [6, 6.07) is 12.0. The van der Waals surface area contributed by atoms with Crippen molar-refractivity contribution in [2.45, 2.75) is 32.2 Å². The fourth-order valence-corrected chi connectivity index (χ4v) is 3.12. The van der Waals surface area contributed by atoms with Gasteiger partial charge in [-0.15, -0.1) is 5.10 Å². The smallest absolute Gasteiger partial charge is 0.416 e. The number of aliphatic hydroxyl groups excluding tert-OH is 1. The molecular weight excluding hydrogens is 397 g/mol. The van der Waals surface area contributed by atoms with Gasteiger partial charge in [0.25, 0.3) is 0 Å². The van der Waals surface area contributed by atoms with Gasteiger partial charge in [-0.1, -0.05) is 25.1 Å². The predicted octanol–water partition coefficient (Wildman–Crippen LogP) is 4.85. The molecule has 0 aliphatic carbocycles. The maximum Gasteiger partial charge on any atom is 0.416 e. The molecule has 0 bridgehead atoms. The first-order valence-electron chi connectivity index (χ1n) is 9.26. The fourth-order valence-electron chi connectivity index (χ4n) is 3.12. The van der Waals surface area contributed by atoms with Gasteiger partial charge in [0.15, 0.2) is 0 Å². The lowest BCUT2D eigenvalue weighted by molar-refractivity contribution is -0.137. The number of hydrogen-bond donors (Lipinski definition) is 2. The third-order valence-corrected chi connectivity index (χ3v) is 4.93. The Bertz CT molecular complexity index is 1170. The highest BCUT2D eigenvalue weighted by atomic mass is 19.4. The van der Waals surface area contributed by atoms with Crippen LogP contribution in [0, 0.1) is 6.92 Å². The highest BCUT2D eigenvalue weighted by molar-refractivity contribution is 5.59. The van der Waals surface area contributed by atoms with E-state index in [1.165, 1.54) is 6.07 Å². The minimum absolute atomic E-state index is 0.390. The van der Waals surface area contributed by atoms with Gasteiger partial charge >= 0.3 is 6.18 Å². The van der Waals surface area contributed by atoms with Crippen LogP contribution in [0.1, 0.15) is 29.8 Å². The molecule has 2 unspecified atom stereocenters. The number of aliphatic hydroxyl groups is 1. The van der Waals surface area contributed by atoms with E-state index in [0.29, 0.717) is 28.7 Å². The van der Waals surface area contributed by atoms with Crippen LogP contribution in [0.5, 0.6) is 0 Å². The Kier molecular flexibility index (Phi) is 4.98. The average molecular weight is 416 g/mol. The molecule has 9 heteroatoms. The van der Waals surface area contributed by atoms with E-state index in [-0.39, 0.29) is 0 Å². The number of nitrogens with zero attached hydrogens (tertiary/aromatic N) is 3. The molecule has 0 saturated heterocycles. The quantitative estimate of drug-likeness (QED) is 0.455. The third kappa shape index (κ3) is 3.88. The van der Waals surface area contributed by atoms with E-state index in [9.17, 15) is 18.3 Å². The molecule has 0 aliphatic heterocycles. The third-order valence-electron chi connectivity index (χ3n) is 4.93. The predicted molar refractivity (Wildman–Crippen MR) is 105 cm³/mol. The molecule has 0 radical (unpaired) electrons. The lowest BCUT2D eigenvalue weighted by Gasteiger charge is -2.22. The zero-order valence-corrected chi connectivity index (χ0v) is 16.2. The highest BCUT2D eigenvalue weighted by Gasteiger charge is 2.31. The molecule has 2 heterocycles. The largest absolute Gasteiger partial charge is 0.417 e. The van der Waals surface area contributed by atoms with Crippen molar-refractivity contribution in [3.8, 4) is 11.5 Å². The first-order chi connectivity index (χ1) is 14.2. The fraction of sp³-hybridized carbons (Fsp3) is 0.238. The summed E-state index contributed by atoms with van der Waals surface area (Å²) in [7, 11) is 0. The van der Waals surface area contributed by atoms with E-state index in [2.05, 4.69) is 15.4 Å². The lowest BCUT2D eigenvalue weighted by atomic mass is 9.97. The Morgan fingerprint density at radius 3 is 2.53 bits per heavy atom. The van der Waals surface area contributed by atoms with Crippen molar-refractivity contribution >= 4 is 11.4 Å². The molecule has 4 aromatic rings. The topological polar surface area (TPSA) is 75.6 Å². The second-order valence-corrected chi connectivity index (χ2v) is 7.04. The van der Waals surface area contributed by atoms with Gasteiger partial charge in [-0.25, -0.2) is 4.98 Å². The summed E-state index contributed by atoms with van der Waals surface area (Å²) in [5, 5.41) is 17.7. The van der Waals surface area contributed by atoms with Crippen molar-refractivity contribution in [1.29, 1.82) is 0 Å². The van der Waals surface area contributed by atoms with Gasteiger partial charge < -0.3 is 14.8 Å². The van der Waals surface area contributed by atoms with Crippen LogP contribution in [0.15, 0.2) is 59.1 Å². The van der Waals surface area contributed by atoms with Crippen LogP contribution in [0.25, 0.3) is 17.2 Å². The Hall–Kier alpha value is -3.33. The van der Waals surface area contributed by atoms with E-state index in [4.69, 9.17) is 4.42 Å². The summed E-state index contributed by atoms with van der Waals surface area (Å²) in [6.07, 6.45) is -3.91. The first kappa shape index (κ1) is 20.0. The molecule has 0 amide bonds. The average Bonchev–Trinajstić information content (AvgIpc) is 3.29. The number of anilines is 1. The van der Waals surface area contributed by atoms with Crippen LogP contribution in [-0.2, 0) is 6.18 Å². The van der Waals surface area contributed by atoms with Crippen molar-refractivity contribution in [2.75, 3.05) is 5.32 Å². The monoisotopic (exact) mass is 416 g/mol. The van der Waals surface area contributed by atoms with Gasteiger partial charge in [0.1, 0.15) is 12.1 Å². The second-order valence-electron chi connectivity index (χ2n) is 7.04. The number of imidazole rings is 1. The van der Waals surface area contributed by atoms with E-state index in [0.717, 1.165) is 17.7 Å². The van der Waals surface area contributed by atoms with Gasteiger partial charge in [-0.2, -0.15) is 17.7 Å². The summed E-state index contributed by atoms with van der Waals surface area (Å²) in [6.45, 7) is 3.48. The van der Waals surface area contributed by atoms with Crippen LogP contribution in [0.2, 0.25) is 0 Å². The van der Waals surface area contributed by atoms with Crippen LogP contribution < -0.4 is 5.32 Å². The molecule has 6 nitrogen and oxygen atoms in total. The second kappa shape index (κ2) is 7.49. The maximum atomic E-state index is 12.9. The molecule has 4 rings (SSSR count). The number of rotatable bonds is 5. The zero-order chi connectivity index (χ0) is 21.5. The zero-order valence-electron chi connectivity index (χ0n) is 16.2. The van der Waals surface area contributed by atoms with Crippen molar-refractivity contribution in [2.24, 2.45) is 0 Å². The van der Waals surface area contributed by atoms with E-state index >= 15 is 0 Å². The van der Waals surface area contributed by atoms with E-state index in [1.54, 1.807) is 48.0 Å². The first-order valence-corrected chi connectivity index (χ1v) is 9.26. The molecule has 0 aliphatic rings. The molecule has 156 valence electrons. The number of fused-ring (bicyclic) bond motifs is 1. The summed E-state index contributed by atoms with van der Waals surface area (Å²) in [5.74, 6) is 0.584. The van der Waals surface area contributed by atoms with Crippen molar-refractivity contribution in [3.63, 3.8) is 0 Å². The molecular formula is C21H19F3N4O2. The number of hydrogen-bond acceptors (Lipinski definition) is 5. The Morgan fingerprint density at radius 1 is 1.13 bits per heavy atom. The summed E-state index contributed by atoms with van der Waals surface area (Å²) >= 11 is 0. The van der Waals surface area contributed by atoms with Crippen LogP contribution in [0.3, 0.4) is 0 Å². The molecule has 30 heavy (non-hydrogen) atoms. The summed E-state index contributed by atoms with van der Waals surface area (Å²) in [5.41, 5.74) is 1.54. The summed E-state index contributed by atoms with van der Waals surface area (Å²) < 4.78 is 46.0. The lowest BCUT2D eigenvalue weighted by Crippen LogP contribution is -2.25. The number of halogens is 3. The van der Waals surface area contributed by atoms with Crippen LogP contribution in [-0.4, -0.2) is 25.9 Å². The Labute approximate surface area is 170 Å². The number of aryl methyl sites for hydroxylation is 1. The Balaban J connectivity index is 1.47. The number of nitrogens with one attached hydrogen (secondary N) is 1. The van der Waals surface area contributed by atoms with Crippen molar-refractivity contribution < 1.29 is 22.7 Å². The van der Waals surface area contributed by atoms with Gasteiger partial charge in [0, 0.05) is 17.2 Å². The van der Waals surface area contributed by atoms with Crippen molar-refractivity contribution in [3.05, 3.63) is 71.7 Å². The maximum absolute atomic E-state index is 12.9. The highest BCUT2D eigenvalue weighted by Crippen LogP contribution is 2.32. The summed E-state index contributed by atoms with van der Waals surface area (Å²) in [4.78, 5) is 4.10. The number of benzene rings is 2.